The summed E-state index contributed by atoms with van der Waals surface area (Å²) in [6.45, 7) is 1.70. The minimum absolute atomic E-state index is 0.191. The Bertz CT molecular complexity index is 122. The lowest BCUT2D eigenvalue weighted by Crippen LogP contribution is -2.41. The lowest BCUT2D eigenvalue weighted by atomic mass is 10.5. The number of amides is 2. The minimum atomic E-state index is -0.262. The van der Waals surface area contributed by atoms with E-state index in [1.165, 1.54) is 0 Å². The van der Waals surface area contributed by atoms with Crippen molar-refractivity contribution in [2.45, 2.75) is 13.3 Å². The highest BCUT2D eigenvalue weighted by Gasteiger charge is 1.98. The molecule has 0 spiro atoms. The van der Waals surface area contributed by atoms with E-state index in [9.17, 15) is 9.59 Å². The molecule has 0 heterocycles. The van der Waals surface area contributed by atoms with E-state index in [0.29, 0.717) is 6.42 Å². The van der Waals surface area contributed by atoms with Gasteiger partial charge in [0.25, 0.3) is 0 Å². The van der Waals surface area contributed by atoms with Crippen LogP contribution in [0.2, 0.25) is 0 Å². The first kappa shape index (κ1) is 9.42. The van der Waals surface area contributed by atoms with Crippen molar-refractivity contribution in [3.8, 4) is 0 Å². The van der Waals surface area contributed by atoms with Gasteiger partial charge in [-0.15, -0.1) is 0 Å². The van der Waals surface area contributed by atoms with Crippen LogP contribution in [0.4, 0.5) is 0 Å². The molecule has 10 heavy (non-hydrogen) atoms. The summed E-state index contributed by atoms with van der Waals surface area (Å²) in [6.07, 6.45) is 0.364. The average Bonchev–Trinajstić information content (AvgIpc) is 1.99. The van der Waals surface area contributed by atoms with E-state index in [0.717, 1.165) is 0 Å². The normalized spacial score (nSPS) is 8.60. The van der Waals surface area contributed by atoms with Crippen LogP contribution in [0, 0.1) is 0 Å². The van der Waals surface area contributed by atoms with Crippen molar-refractivity contribution in [3.05, 3.63) is 0 Å². The first-order chi connectivity index (χ1) is 4.70. The Morgan fingerprint density at radius 2 is 1.80 bits per heavy atom. The summed E-state index contributed by atoms with van der Waals surface area (Å²) in [4.78, 5) is 21.0. The molecule has 0 atom stereocenters. The molecule has 0 bridgehead atoms. The van der Waals surface area contributed by atoms with Gasteiger partial charge in [-0.1, -0.05) is 22.9 Å². The second-order valence-corrected chi connectivity index (χ2v) is 2.14. The van der Waals surface area contributed by atoms with Gasteiger partial charge in [0, 0.05) is 6.42 Å². The quantitative estimate of drug-likeness (QED) is 0.494. The van der Waals surface area contributed by atoms with Crippen molar-refractivity contribution < 1.29 is 9.59 Å². The van der Waals surface area contributed by atoms with Crippen LogP contribution in [-0.2, 0) is 9.59 Å². The van der Waals surface area contributed by atoms with E-state index in [4.69, 9.17) is 0 Å². The number of carbonyl (C=O) groups excluding carboxylic acids is 2. The van der Waals surface area contributed by atoms with Crippen LogP contribution in [0.3, 0.4) is 0 Å². The first-order valence-corrected chi connectivity index (χ1v) is 3.96. The van der Waals surface area contributed by atoms with E-state index in [-0.39, 0.29) is 17.1 Å². The highest BCUT2D eigenvalue weighted by Crippen LogP contribution is 1.76. The van der Waals surface area contributed by atoms with Gasteiger partial charge in [0.1, 0.15) is 0 Å². The van der Waals surface area contributed by atoms with Gasteiger partial charge in [0.2, 0.25) is 11.8 Å². The number of carbonyl (C=O) groups is 2. The van der Waals surface area contributed by atoms with Crippen molar-refractivity contribution in [3.63, 3.8) is 0 Å². The molecule has 0 unspecified atom stereocenters. The van der Waals surface area contributed by atoms with E-state index in [2.05, 4.69) is 26.8 Å². The lowest BCUT2D eigenvalue weighted by Gasteiger charge is -2.02. The Morgan fingerprint density at radius 1 is 1.30 bits per heavy atom. The summed E-state index contributed by atoms with van der Waals surface area (Å²) >= 11 is 2.92. The van der Waals surface area contributed by atoms with Gasteiger partial charge in [-0.25, -0.2) is 0 Å². The highest BCUT2D eigenvalue weighted by atomic mass is 79.9. The third-order valence-electron chi connectivity index (χ3n) is 0.784. The molecule has 2 amide bonds. The molecular weight excluding hydrogens is 200 g/mol. The van der Waals surface area contributed by atoms with E-state index < -0.39 is 0 Å². The SMILES string of the molecule is CCC(=O)NNC(=O)CBr. The lowest BCUT2D eigenvalue weighted by molar-refractivity contribution is -0.127. The van der Waals surface area contributed by atoms with Crippen molar-refractivity contribution in [2.24, 2.45) is 0 Å². The van der Waals surface area contributed by atoms with Crippen LogP contribution in [-0.4, -0.2) is 17.1 Å². The van der Waals surface area contributed by atoms with Gasteiger partial charge < -0.3 is 0 Å². The molecule has 5 heteroatoms. The second-order valence-electron chi connectivity index (χ2n) is 1.58. The Hall–Kier alpha value is -0.580. The Labute approximate surface area is 67.5 Å². The largest absolute Gasteiger partial charge is 0.273 e. The minimum Gasteiger partial charge on any atom is -0.273 e. The van der Waals surface area contributed by atoms with Gasteiger partial charge in [0.05, 0.1) is 5.33 Å². The van der Waals surface area contributed by atoms with E-state index in [1.54, 1.807) is 6.92 Å². The van der Waals surface area contributed by atoms with Crippen LogP contribution < -0.4 is 10.9 Å². The summed E-state index contributed by atoms with van der Waals surface area (Å²) < 4.78 is 0. The number of nitrogens with one attached hydrogen (secondary N) is 2. The standard InChI is InChI=1S/C5H9BrN2O2/c1-2-4(9)7-8-5(10)3-6/h2-3H2,1H3,(H,7,9)(H,8,10). The first-order valence-electron chi connectivity index (χ1n) is 2.84. The fraction of sp³-hybridized carbons (Fsp3) is 0.600. The predicted octanol–water partition coefficient (Wildman–Crippen LogP) is -0.0613. The zero-order chi connectivity index (χ0) is 7.98. The van der Waals surface area contributed by atoms with Crippen LogP contribution in [0.15, 0.2) is 0 Å². The highest BCUT2D eigenvalue weighted by molar-refractivity contribution is 9.09. The van der Waals surface area contributed by atoms with Crippen molar-refractivity contribution in [1.29, 1.82) is 0 Å². The van der Waals surface area contributed by atoms with Gasteiger partial charge in [-0.2, -0.15) is 0 Å². The number of hydrogen-bond donors (Lipinski definition) is 2. The van der Waals surface area contributed by atoms with Crippen molar-refractivity contribution in [1.82, 2.24) is 10.9 Å². The molecule has 0 saturated heterocycles. The number of rotatable bonds is 2. The molecule has 4 nitrogen and oxygen atoms in total. The summed E-state index contributed by atoms with van der Waals surface area (Å²) in [6, 6.07) is 0. The zero-order valence-electron chi connectivity index (χ0n) is 5.61. The van der Waals surface area contributed by atoms with Crippen molar-refractivity contribution in [2.75, 3.05) is 5.33 Å². The fourth-order valence-electron chi connectivity index (χ4n) is 0.261. The van der Waals surface area contributed by atoms with Gasteiger partial charge in [0.15, 0.2) is 0 Å². The second kappa shape index (κ2) is 5.22. The maximum absolute atomic E-state index is 10.5. The molecule has 0 aliphatic heterocycles. The average molecular weight is 209 g/mol. The monoisotopic (exact) mass is 208 g/mol. The summed E-state index contributed by atoms with van der Waals surface area (Å²) in [5.74, 6) is -0.462. The summed E-state index contributed by atoms with van der Waals surface area (Å²) in [5, 5.41) is 0.191. The third-order valence-corrected chi connectivity index (χ3v) is 1.29. The molecule has 0 rings (SSSR count). The maximum atomic E-state index is 10.5. The summed E-state index contributed by atoms with van der Waals surface area (Å²) in [7, 11) is 0. The molecule has 0 aromatic rings. The predicted molar refractivity (Wildman–Crippen MR) is 40.4 cm³/mol. The molecule has 2 N–H and O–H groups in total. The van der Waals surface area contributed by atoms with Crippen molar-refractivity contribution >= 4 is 27.7 Å². The van der Waals surface area contributed by atoms with Gasteiger partial charge in [-0.3, -0.25) is 20.4 Å². The zero-order valence-corrected chi connectivity index (χ0v) is 7.19. The molecule has 0 radical (unpaired) electrons. The maximum Gasteiger partial charge on any atom is 0.249 e. The molecule has 0 aliphatic carbocycles. The molecule has 0 saturated carbocycles. The molecule has 0 aromatic heterocycles. The smallest absolute Gasteiger partial charge is 0.249 e. The van der Waals surface area contributed by atoms with Gasteiger partial charge >= 0.3 is 0 Å². The topological polar surface area (TPSA) is 58.2 Å². The Kier molecular flexibility index (Phi) is 4.92. The number of hydrazine groups is 1. The molecule has 0 aliphatic rings. The van der Waals surface area contributed by atoms with E-state index >= 15 is 0 Å². The third kappa shape index (κ3) is 4.31. The Morgan fingerprint density at radius 3 is 2.20 bits per heavy atom. The Balaban J connectivity index is 3.35. The molecule has 0 fully saturated rings. The fourth-order valence-corrected chi connectivity index (χ4v) is 0.401. The van der Waals surface area contributed by atoms with Crippen LogP contribution in [0.5, 0.6) is 0 Å². The number of hydrogen-bond acceptors (Lipinski definition) is 2. The van der Waals surface area contributed by atoms with Gasteiger partial charge in [-0.05, 0) is 0 Å². The number of alkyl halides is 1. The molecular formula is C5H9BrN2O2. The van der Waals surface area contributed by atoms with E-state index in [1.807, 2.05) is 0 Å². The molecule has 0 aromatic carbocycles. The van der Waals surface area contributed by atoms with Crippen LogP contribution >= 0.6 is 15.9 Å². The van der Waals surface area contributed by atoms with Crippen LogP contribution in [0.25, 0.3) is 0 Å². The number of halogens is 1. The molecule has 58 valence electrons. The van der Waals surface area contributed by atoms with Crippen LogP contribution in [0.1, 0.15) is 13.3 Å². The summed E-state index contributed by atoms with van der Waals surface area (Å²) in [5.41, 5.74) is 4.41.